The summed E-state index contributed by atoms with van der Waals surface area (Å²) in [7, 11) is 0. The molecule has 1 aromatic carbocycles. The SMILES string of the molecule is CSc1ccc(C(F)(F)F)c(SC(C)(C)C)c1. The number of rotatable bonds is 2. The standard InChI is InChI=1S/C12H15F3S2/c1-11(2,3)17-10-7-8(16-4)5-6-9(10)12(13,14)15/h5-7H,1-4H3. The van der Waals surface area contributed by atoms with Gasteiger partial charge in [0.1, 0.15) is 0 Å². The molecule has 0 radical (unpaired) electrons. The Labute approximate surface area is 108 Å². The molecule has 5 heteroatoms. The smallest absolute Gasteiger partial charge is 0.166 e. The van der Waals surface area contributed by atoms with Gasteiger partial charge in [-0.05, 0) is 24.5 Å². The topological polar surface area (TPSA) is 0 Å². The van der Waals surface area contributed by atoms with Crippen molar-refractivity contribution in [2.75, 3.05) is 6.26 Å². The molecule has 0 heterocycles. The fourth-order valence-corrected chi connectivity index (χ4v) is 2.93. The molecule has 0 aliphatic carbocycles. The van der Waals surface area contributed by atoms with E-state index in [9.17, 15) is 13.2 Å². The van der Waals surface area contributed by atoms with E-state index in [1.807, 2.05) is 27.0 Å². The molecule has 1 rings (SSSR count). The number of alkyl halides is 3. The van der Waals surface area contributed by atoms with E-state index in [2.05, 4.69) is 0 Å². The van der Waals surface area contributed by atoms with Crippen LogP contribution >= 0.6 is 23.5 Å². The minimum absolute atomic E-state index is 0.239. The van der Waals surface area contributed by atoms with Crippen LogP contribution in [0.15, 0.2) is 28.0 Å². The summed E-state index contributed by atoms with van der Waals surface area (Å²) < 4.78 is 38.3. The van der Waals surface area contributed by atoms with Crippen LogP contribution in [0.5, 0.6) is 0 Å². The van der Waals surface area contributed by atoms with E-state index < -0.39 is 11.7 Å². The van der Waals surface area contributed by atoms with Crippen LogP contribution in [0.1, 0.15) is 26.3 Å². The molecule has 17 heavy (non-hydrogen) atoms. The Kier molecular flexibility index (Phi) is 4.47. The third-order valence-corrected chi connectivity index (χ3v) is 3.81. The number of thioether (sulfide) groups is 2. The summed E-state index contributed by atoms with van der Waals surface area (Å²) in [6.45, 7) is 5.72. The van der Waals surface area contributed by atoms with Gasteiger partial charge in [0.05, 0.1) is 5.56 Å². The zero-order valence-electron chi connectivity index (χ0n) is 10.2. The van der Waals surface area contributed by atoms with Crippen LogP contribution in [0, 0.1) is 0 Å². The third-order valence-electron chi connectivity index (χ3n) is 1.91. The average Bonchev–Trinajstić information content (AvgIpc) is 2.13. The molecule has 0 saturated heterocycles. The van der Waals surface area contributed by atoms with Crippen LogP contribution in [-0.2, 0) is 6.18 Å². The number of hydrogen-bond donors (Lipinski definition) is 0. The van der Waals surface area contributed by atoms with E-state index in [1.165, 1.54) is 35.7 Å². The highest BCUT2D eigenvalue weighted by Gasteiger charge is 2.34. The lowest BCUT2D eigenvalue weighted by Crippen LogP contribution is -2.12. The summed E-state index contributed by atoms with van der Waals surface area (Å²) in [4.78, 5) is 1.15. The van der Waals surface area contributed by atoms with Crippen molar-refractivity contribution in [1.82, 2.24) is 0 Å². The van der Waals surface area contributed by atoms with Crippen LogP contribution in [0.25, 0.3) is 0 Å². The van der Waals surface area contributed by atoms with Crippen LogP contribution < -0.4 is 0 Å². The lowest BCUT2D eigenvalue weighted by Gasteiger charge is -2.21. The highest BCUT2D eigenvalue weighted by molar-refractivity contribution is 8.00. The maximum atomic E-state index is 12.8. The fraction of sp³-hybridized carbons (Fsp3) is 0.500. The molecule has 0 fully saturated rings. The highest BCUT2D eigenvalue weighted by Crippen LogP contribution is 2.42. The zero-order valence-corrected chi connectivity index (χ0v) is 11.8. The molecule has 1 aromatic rings. The summed E-state index contributed by atoms with van der Waals surface area (Å²) in [6.07, 6.45) is -2.43. The second-order valence-electron chi connectivity index (χ2n) is 4.57. The van der Waals surface area contributed by atoms with E-state index >= 15 is 0 Å². The molecule has 0 aliphatic heterocycles. The van der Waals surface area contributed by atoms with Gasteiger partial charge in [-0.25, -0.2) is 0 Å². The van der Waals surface area contributed by atoms with E-state index in [0.29, 0.717) is 4.90 Å². The van der Waals surface area contributed by atoms with Gasteiger partial charge in [0, 0.05) is 14.5 Å². The van der Waals surface area contributed by atoms with E-state index in [4.69, 9.17) is 0 Å². The Morgan fingerprint density at radius 3 is 2.06 bits per heavy atom. The summed E-state index contributed by atoms with van der Waals surface area (Å²) in [5.41, 5.74) is -0.546. The summed E-state index contributed by atoms with van der Waals surface area (Å²) in [5.74, 6) is 0. The van der Waals surface area contributed by atoms with Gasteiger partial charge >= 0.3 is 6.18 Å². The Balaban J connectivity index is 3.22. The normalized spacial score (nSPS) is 12.9. The van der Waals surface area contributed by atoms with Crippen molar-refractivity contribution < 1.29 is 13.2 Å². The van der Waals surface area contributed by atoms with Gasteiger partial charge in [0.25, 0.3) is 0 Å². The Bertz CT molecular complexity index is 392. The van der Waals surface area contributed by atoms with Gasteiger partial charge in [-0.2, -0.15) is 13.2 Å². The van der Waals surface area contributed by atoms with Crippen LogP contribution in [0.4, 0.5) is 13.2 Å². The average molecular weight is 280 g/mol. The molecule has 0 amide bonds. The molecule has 0 aromatic heterocycles. The van der Waals surface area contributed by atoms with Gasteiger partial charge in [0.15, 0.2) is 0 Å². The van der Waals surface area contributed by atoms with Gasteiger partial charge in [-0.15, -0.1) is 23.5 Å². The first kappa shape index (κ1) is 14.8. The summed E-state index contributed by atoms with van der Waals surface area (Å²) in [5, 5.41) is 0. The second kappa shape index (κ2) is 5.14. The molecule has 0 N–H and O–H groups in total. The number of halogens is 3. The monoisotopic (exact) mass is 280 g/mol. The first-order chi connectivity index (χ1) is 7.63. The zero-order chi connectivity index (χ0) is 13.3. The quantitative estimate of drug-likeness (QED) is 0.673. The molecule has 0 unspecified atom stereocenters. The largest absolute Gasteiger partial charge is 0.417 e. The van der Waals surface area contributed by atoms with E-state index in [-0.39, 0.29) is 4.75 Å². The second-order valence-corrected chi connectivity index (χ2v) is 7.32. The van der Waals surface area contributed by atoms with Gasteiger partial charge in [-0.1, -0.05) is 20.8 Å². The summed E-state index contributed by atoms with van der Waals surface area (Å²) >= 11 is 2.70. The van der Waals surface area contributed by atoms with Crippen LogP contribution in [0.3, 0.4) is 0 Å². The third kappa shape index (κ3) is 4.47. The molecular weight excluding hydrogens is 265 g/mol. The number of hydrogen-bond acceptors (Lipinski definition) is 2. The van der Waals surface area contributed by atoms with Crippen LogP contribution in [-0.4, -0.2) is 11.0 Å². The van der Waals surface area contributed by atoms with Gasteiger partial charge in [-0.3, -0.25) is 0 Å². The molecule has 0 bridgehead atoms. The fourth-order valence-electron chi connectivity index (χ4n) is 1.28. The van der Waals surface area contributed by atoms with Crippen molar-refractivity contribution in [2.45, 2.75) is 41.5 Å². The van der Waals surface area contributed by atoms with Crippen molar-refractivity contribution in [1.29, 1.82) is 0 Å². The molecule has 0 nitrogen and oxygen atoms in total. The number of benzene rings is 1. The summed E-state index contributed by atoms with van der Waals surface area (Å²) in [6, 6.07) is 4.30. The molecule has 0 atom stereocenters. The van der Waals surface area contributed by atoms with Crippen molar-refractivity contribution >= 4 is 23.5 Å². The minimum Gasteiger partial charge on any atom is -0.166 e. The van der Waals surface area contributed by atoms with Crippen LogP contribution in [0.2, 0.25) is 0 Å². The minimum atomic E-state index is -4.29. The molecule has 0 saturated carbocycles. The molecule has 0 aliphatic rings. The Hall–Kier alpha value is -0.290. The molecular formula is C12H15F3S2. The molecule has 0 spiro atoms. The van der Waals surface area contributed by atoms with Gasteiger partial charge < -0.3 is 0 Å². The lowest BCUT2D eigenvalue weighted by atomic mass is 10.2. The van der Waals surface area contributed by atoms with Crippen molar-refractivity contribution in [3.05, 3.63) is 23.8 Å². The Morgan fingerprint density at radius 2 is 1.65 bits per heavy atom. The van der Waals surface area contributed by atoms with E-state index in [0.717, 1.165) is 4.90 Å². The maximum Gasteiger partial charge on any atom is 0.417 e. The lowest BCUT2D eigenvalue weighted by molar-refractivity contribution is -0.139. The van der Waals surface area contributed by atoms with Crippen molar-refractivity contribution in [3.63, 3.8) is 0 Å². The first-order valence-electron chi connectivity index (χ1n) is 5.08. The Morgan fingerprint density at radius 1 is 1.06 bits per heavy atom. The highest BCUT2D eigenvalue weighted by atomic mass is 32.2. The maximum absolute atomic E-state index is 12.8. The molecule has 96 valence electrons. The first-order valence-corrected chi connectivity index (χ1v) is 7.12. The van der Waals surface area contributed by atoms with Crippen molar-refractivity contribution in [2.24, 2.45) is 0 Å². The predicted octanol–water partition coefficient (Wildman–Crippen LogP) is 5.32. The van der Waals surface area contributed by atoms with Crippen molar-refractivity contribution in [3.8, 4) is 0 Å². The van der Waals surface area contributed by atoms with E-state index in [1.54, 1.807) is 6.07 Å². The van der Waals surface area contributed by atoms with Gasteiger partial charge in [0.2, 0.25) is 0 Å². The predicted molar refractivity (Wildman–Crippen MR) is 68.8 cm³/mol.